The van der Waals surface area contributed by atoms with Crippen LogP contribution in [0.1, 0.15) is 44.9 Å². The van der Waals surface area contributed by atoms with Gasteiger partial charge < -0.3 is 0 Å². The van der Waals surface area contributed by atoms with Crippen molar-refractivity contribution in [3.8, 4) is 0 Å². The van der Waals surface area contributed by atoms with Crippen molar-refractivity contribution in [2.75, 3.05) is 0 Å². The van der Waals surface area contributed by atoms with Crippen LogP contribution in [0.5, 0.6) is 0 Å². The summed E-state index contributed by atoms with van der Waals surface area (Å²) in [6.07, 6.45) is 9.86. The average Bonchev–Trinajstić information content (AvgIpc) is 1.79. The second kappa shape index (κ2) is 6.64. The molecule has 0 saturated heterocycles. The number of hydrogen-bond donors (Lipinski definition) is 1. The Morgan fingerprint density at radius 2 is 1.20 bits per heavy atom. The molecule has 0 aliphatic heterocycles. The zero-order chi connectivity index (χ0) is 6.53. The summed E-state index contributed by atoms with van der Waals surface area (Å²) in [4.78, 5) is 0. The molecule has 0 N–H and O–H groups in total. The molecular formula is C8H17LiS. The van der Waals surface area contributed by atoms with Crippen molar-refractivity contribution in [3.05, 3.63) is 0 Å². The SMILES string of the molecule is SC1CCCCCCC1.[LiH]. The number of thiol groups is 1. The second-order valence-electron chi connectivity index (χ2n) is 3.00. The van der Waals surface area contributed by atoms with Gasteiger partial charge in [-0.1, -0.05) is 32.1 Å². The normalized spacial score (nSPS) is 22.5. The van der Waals surface area contributed by atoms with Gasteiger partial charge >= 0.3 is 18.9 Å². The Kier molecular flexibility index (Phi) is 7.27. The van der Waals surface area contributed by atoms with Gasteiger partial charge in [0, 0.05) is 5.25 Å². The third-order valence-corrected chi connectivity index (χ3v) is 2.59. The van der Waals surface area contributed by atoms with Crippen LogP contribution in [0, 0.1) is 0 Å². The molecule has 0 aromatic heterocycles. The van der Waals surface area contributed by atoms with Crippen molar-refractivity contribution in [2.24, 2.45) is 0 Å². The molecule has 0 radical (unpaired) electrons. The van der Waals surface area contributed by atoms with Crippen molar-refractivity contribution in [1.29, 1.82) is 0 Å². The van der Waals surface area contributed by atoms with Gasteiger partial charge in [-0.05, 0) is 12.8 Å². The van der Waals surface area contributed by atoms with Crippen molar-refractivity contribution in [2.45, 2.75) is 50.2 Å². The Bertz CT molecular complexity index is 67.7. The van der Waals surface area contributed by atoms with Crippen LogP contribution in [-0.4, -0.2) is 24.1 Å². The molecule has 0 atom stereocenters. The molecular weight excluding hydrogens is 135 g/mol. The quantitative estimate of drug-likeness (QED) is 0.400. The third-order valence-electron chi connectivity index (χ3n) is 2.07. The van der Waals surface area contributed by atoms with Crippen LogP contribution in [0.2, 0.25) is 0 Å². The topological polar surface area (TPSA) is 0 Å². The fourth-order valence-electron chi connectivity index (χ4n) is 1.43. The van der Waals surface area contributed by atoms with Gasteiger partial charge in [-0.2, -0.15) is 12.6 Å². The standard InChI is InChI=1S/C8H16S.Li.H/c9-8-6-4-2-1-3-5-7-8;;/h8-9H,1-7H2;;. The molecule has 0 unspecified atom stereocenters. The molecule has 0 heterocycles. The predicted molar refractivity (Wildman–Crippen MR) is 52.2 cm³/mol. The summed E-state index contributed by atoms with van der Waals surface area (Å²) < 4.78 is 0. The Morgan fingerprint density at radius 1 is 0.800 bits per heavy atom. The number of hydrogen-bond acceptors (Lipinski definition) is 1. The molecule has 0 aromatic carbocycles. The molecule has 1 aliphatic carbocycles. The number of rotatable bonds is 0. The zero-order valence-corrected chi connectivity index (χ0v) is 6.87. The zero-order valence-electron chi connectivity index (χ0n) is 5.97. The van der Waals surface area contributed by atoms with Crippen LogP contribution in [0.25, 0.3) is 0 Å². The minimum absolute atomic E-state index is 0. The summed E-state index contributed by atoms with van der Waals surface area (Å²) in [5, 5.41) is 0.713. The van der Waals surface area contributed by atoms with Crippen molar-refractivity contribution in [3.63, 3.8) is 0 Å². The van der Waals surface area contributed by atoms with E-state index in [1.165, 1.54) is 44.9 Å². The van der Waals surface area contributed by atoms with E-state index < -0.39 is 0 Å². The molecule has 1 aliphatic rings. The van der Waals surface area contributed by atoms with Gasteiger partial charge in [-0.3, -0.25) is 0 Å². The molecule has 1 fully saturated rings. The van der Waals surface area contributed by atoms with Gasteiger partial charge in [0.25, 0.3) is 0 Å². The van der Waals surface area contributed by atoms with E-state index in [4.69, 9.17) is 0 Å². The first-order chi connectivity index (χ1) is 4.39. The summed E-state index contributed by atoms with van der Waals surface area (Å²) in [6.45, 7) is 0. The van der Waals surface area contributed by atoms with Crippen LogP contribution in [0.4, 0.5) is 0 Å². The molecule has 10 heavy (non-hydrogen) atoms. The van der Waals surface area contributed by atoms with Crippen LogP contribution >= 0.6 is 12.6 Å². The average molecular weight is 152 g/mol. The van der Waals surface area contributed by atoms with Gasteiger partial charge in [0.15, 0.2) is 0 Å². The van der Waals surface area contributed by atoms with E-state index in [2.05, 4.69) is 12.6 Å². The minimum atomic E-state index is 0. The Morgan fingerprint density at radius 3 is 1.70 bits per heavy atom. The molecule has 0 spiro atoms. The summed E-state index contributed by atoms with van der Waals surface area (Å²) in [6, 6.07) is 0. The fourth-order valence-corrected chi connectivity index (χ4v) is 1.80. The van der Waals surface area contributed by atoms with Gasteiger partial charge in [0.1, 0.15) is 0 Å². The second-order valence-corrected chi connectivity index (χ2v) is 3.73. The van der Waals surface area contributed by atoms with Gasteiger partial charge in [-0.25, -0.2) is 0 Å². The Hall–Kier alpha value is 0.947. The van der Waals surface area contributed by atoms with Crippen molar-refractivity contribution < 1.29 is 0 Å². The van der Waals surface area contributed by atoms with Crippen LogP contribution in [-0.2, 0) is 0 Å². The molecule has 56 valence electrons. The molecule has 0 bridgehead atoms. The van der Waals surface area contributed by atoms with Crippen LogP contribution in [0.15, 0.2) is 0 Å². The summed E-state index contributed by atoms with van der Waals surface area (Å²) in [5.74, 6) is 0. The maximum absolute atomic E-state index is 4.48. The first-order valence-corrected chi connectivity index (χ1v) is 4.59. The van der Waals surface area contributed by atoms with E-state index in [1.807, 2.05) is 0 Å². The van der Waals surface area contributed by atoms with Gasteiger partial charge in [-0.15, -0.1) is 0 Å². The first kappa shape index (κ1) is 10.9. The van der Waals surface area contributed by atoms with Crippen LogP contribution < -0.4 is 0 Å². The molecule has 0 aromatic rings. The van der Waals surface area contributed by atoms with E-state index in [-0.39, 0.29) is 18.9 Å². The van der Waals surface area contributed by atoms with E-state index >= 15 is 0 Å². The predicted octanol–water partition coefficient (Wildman–Crippen LogP) is 2.38. The monoisotopic (exact) mass is 152 g/mol. The molecule has 1 saturated carbocycles. The summed E-state index contributed by atoms with van der Waals surface area (Å²) in [5.41, 5.74) is 0. The molecule has 1 rings (SSSR count). The van der Waals surface area contributed by atoms with Gasteiger partial charge in [0.05, 0.1) is 0 Å². The summed E-state index contributed by atoms with van der Waals surface area (Å²) in [7, 11) is 0. The first-order valence-electron chi connectivity index (χ1n) is 4.07. The molecule has 2 heteroatoms. The van der Waals surface area contributed by atoms with E-state index in [9.17, 15) is 0 Å². The molecule has 0 nitrogen and oxygen atoms in total. The summed E-state index contributed by atoms with van der Waals surface area (Å²) >= 11 is 4.48. The third kappa shape index (κ3) is 4.72. The Balaban J connectivity index is 0.000000810. The Labute approximate surface area is 81.7 Å². The van der Waals surface area contributed by atoms with Crippen LogP contribution in [0.3, 0.4) is 0 Å². The maximum atomic E-state index is 4.48. The van der Waals surface area contributed by atoms with E-state index in [0.29, 0.717) is 5.25 Å². The van der Waals surface area contributed by atoms with E-state index in [1.54, 1.807) is 0 Å². The van der Waals surface area contributed by atoms with Crippen molar-refractivity contribution >= 4 is 31.5 Å². The van der Waals surface area contributed by atoms with Crippen molar-refractivity contribution in [1.82, 2.24) is 0 Å². The fraction of sp³-hybridized carbons (Fsp3) is 1.00. The molecule has 0 amide bonds. The van der Waals surface area contributed by atoms with Gasteiger partial charge in [0.2, 0.25) is 0 Å². The van der Waals surface area contributed by atoms with E-state index in [0.717, 1.165) is 0 Å².